The van der Waals surface area contributed by atoms with Gasteiger partial charge < -0.3 is 25.4 Å². The molecule has 0 bridgehead atoms. The van der Waals surface area contributed by atoms with Crippen LogP contribution in [0.3, 0.4) is 0 Å². The fourth-order valence-electron chi connectivity index (χ4n) is 3.04. The van der Waals surface area contributed by atoms with Gasteiger partial charge in [0.2, 0.25) is 11.8 Å². The molecule has 184 valence electrons. The molecule has 1 aliphatic rings. The maximum atomic E-state index is 10.7. The second kappa shape index (κ2) is 11.5. The van der Waals surface area contributed by atoms with Crippen LogP contribution in [0.15, 0.2) is 57.5 Å². The molecule has 0 fully saturated rings. The van der Waals surface area contributed by atoms with Crippen LogP contribution in [0.5, 0.6) is 11.5 Å². The molecule has 35 heavy (non-hydrogen) atoms. The summed E-state index contributed by atoms with van der Waals surface area (Å²) in [6.45, 7) is 3.59. The summed E-state index contributed by atoms with van der Waals surface area (Å²) >= 11 is 1.18. The van der Waals surface area contributed by atoms with Crippen molar-refractivity contribution in [2.45, 2.75) is 25.2 Å². The number of aliphatic hydroxyl groups is 1. The molecule has 2 heterocycles. The van der Waals surface area contributed by atoms with Crippen LogP contribution in [0.2, 0.25) is 0 Å². The van der Waals surface area contributed by atoms with E-state index in [0.29, 0.717) is 23.0 Å². The van der Waals surface area contributed by atoms with Crippen molar-refractivity contribution in [3.63, 3.8) is 0 Å². The number of nitrogens with one attached hydrogen (secondary N) is 1. The number of phenols is 1. The number of ether oxygens (including phenoxy) is 2. The lowest BCUT2D eigenvalue weighted by molar-refractivity contribution is 0.210. The molecule has 11 nitrogen and oxygen atoms in total. The van der Waals surface area contributed by atoms with E-state index in [4.69, 9.17) is 15.2 Å². The fraction of sp³-hybridized carbons (Fsp3) is 0.304. The number of aromatic nitrogens is 3. The minimum Gasteiger partial charge on any atom is -0.506 e. The van der Waals surface area contributed by atoms with E-state index in [1.54, 1.807) is 43.7 Å². The third-order valence-electron chi connectivity index (χ3n) is 4.96. The molecule has 0 radical (unpaired) electrons. The highest BCUT2D eigenvalue weighted by Crippen LogP contribution is 2.37. The zero-order valence-electron chi connectivity index (χ0n) is 20.0. The summed E-state index contributed by atoms with van der Waals surface area (Å²) in [6.07, 6.45) is 2.20. The van der Waals surface area contributed by atoms with Crippen molar-refractivity contribution < 1.29 is 19.7 Å². The van der Waals surface area contributed by atoms with Gasteiger partial charge in [0, 0.05) is 18.5 Å². The number of phenolic OH excluding ortho intramolecular Hbond substituents is 1. The number of allylic oxidation sites excluding steroid dienone is 1. The molecule has 1 aromatic carbocycles. The van der Waals surface area contributed by atoms with Crippen molar-refractivity contribution >= 4 is 35.2 Å². The van der Waals surface area contributed by atoms with Crippen LogP contribution in [-0.2, 0) is 4.74 Å². The number of nitrogens with two attached hydrogens (primary N) is 1. The van der Waals surface area contributed by atoms with Gasteiger partial charge in [0.1, 0.15) is 23.3 Å². The molecule has 2 aromatic rings. The molecular formula is C23H27N7O4S. The van der Waals surface area contributed by atoms with Gasteiger partial charge in [-0.2, -0.15) is 0 Å². The summed E-state index contributed by atoms with van der Waals surface area (Å²) in [6, 6.07) is 4.87. The zero-order valence-corrected chi connectivity index (χ0v) is 20.8. The Morgan fingerprint density at radius 1 is 1.31 bits per heavy atom. The van der Waals surface area contributed by atoms with Gasteiger partial charge in [0.05, 0.1) is 25.5 Å². The molecule has 3 rings (SSSR count). The SMILES string of the molecule is CN=C(C)C=C(N)C(O)C(C)SNc1nnc(C2=C=C=CC(OC)=N2)n1-c1c(O)cccc1OC. The average Bonchev–Trinajstić information content (AvgIpc) is 3.29. The number of aliphatic hydroxyl groups excluding tert-OH is 1. The van der Waals surface area contributed by atoms with Crippen LogP contribution >= 0.6 is 11.9 Å². The van der Waals surface area contributed by atoms with Crippen LogP contribution in [0.25, 0.3) is 11.4 Å². The number of nitrogens with zero attached hydrogens (tertiary/aromatic N) is 5. The Morgan fingerprint density at radius 3 is 2.77 bits per heavy atom. The van der Waals surface area contributed by atoms with Crippen molar-refractivity contribution in [2.75, 3.05) is 26.0 Å². The van der Waals surface area contributed by atoms with Crippen LogP contribution in [-0.4, -0.2) is 69.2 Å². The normalized spacial score (nSPS) is 15.4. The Hall–Kier alpha value is -3.95. The summed E-state index contributed by atoms with van der Waals surface area (Å²) in [5.74, 6) is 1.12. The maximum Gasteiger partial charge on any atom is 0.239 e. The number of para-hydroxylation sites is 1. The topological polar surface area (TPSA) is 152 Å². The van der Waals surface area contributed by atoms with E-state index in [0.717, 1.165) is 0 Å². The first-order chi connectivity index (χ1) is 16.8. The van der Waals surface area contributed by atoms with Crippen molar-refractivity contribution in [3.8, 4) is 17.2 Å². The van der Waals surface area contributed by atoms with E-state index in [1.807, 2.05) is 0 Å². The molecule has 0 saturated heterocycles. The highest BCUT2D eigenvalue weighted by atomic mass is 32.2. The molecule has 0 amide bonds. The first-order valence-electron chi connectivity index (χ1n) is 10.5. The van der Waals surface area contributed by atoms with Crippen molar-refractivity contribution in [3.05, 3.63) is 53.3 Å². The number of hydrogen-bond donors (Lipinski definition) is 4. The molecule has 1 aliphatic heterocycles. The lowest BCUT2D eigenvalue weighted by Crippen LogP contribution is -2.28. The first kappa shape index (κ1) is 25.7. The Morgan fingerprint density at radius 2 is 2.09 bits per heavy atom. The molecule has 2 unspecified atom stereocenters. The lowest BCUT2D eigenvalue weighted by atomic mass is 10.2. The summed E-state index contributed by atoms with van der Waals surface area (Å²) in [5, 5.41) is 29.4. The van der Waals surface area contributed by atoms with E-state index in [1.165, 1.54) is 38.3 Å². The van der Waals surface area contributed by atoms with E-state index in [-0.39, 0.29) is 34.2 Å². The highest BCUT2D eigenvalue weighted by Gasteiger charge is 2.25. The second-order valence-corrected chi connectivity index (χ2v) is 8.49. The van der Waals surface area contributed by atoms with Gasteiger partial charge in [0.25, 0.3) is 0 Å². The van der Waals surface area contributed by atoms with E-state index in [9.17, 15) is 10.2 Å². The number of methoxy groups -OCH3 is 2. The quantitative estimate of drug-likeness (QED) is 0.232. The molecule has 0 spiro atoms. The Labute approximate surface area is 207 Å². The van der Waals surface area contributed by atoms with Gasteiger partial charge in [-0.15, -0.1) is 10.2 Å². The molecule has 12 heteroatoms. The number of aromatic hydroxyl groups is 1. The lowest BCUT2D eigenvalue weighted by Gasteiger charge is -2.20. The smallest absolute Gasteiger partial charge is 0.239 e. The Bertz CT molecular complexity index is 1280. The zero-order chi connectivity index (χ0) is 25.5. The van der Waals surface area contributed by atoms with Gasteiger partial charge >= 0.3 is 0 Å². The second-order valence-electron chi connectivity index (χ2n) is 7.31. The predicted molar refractivity (Wildman–Crippen MR) is 137 cm³/mol. The van der Waals surface area contributed by atoms with Gasteiger partial charge in [0.15, 0.2) is 11.5 Å². The minimum absolute atomic E-state index is 0.0695. The number of benzene rings is 1. The predicted octanol–water partition coefficient (Wildman–Crippen LogP) is 2.43. The fourth-order valence-corrected chi connectivity index (χ4v) is 3.74. The average molecular weight is 498 g/mol. The molecule has 1 aromatic heterocycles. The third kappa shape index (κ3) is 5.76. The molecule has 5 N–H and O–H groups in total. The summed E-state index contributed by atoms with van der Waals surface area (Å²) < 4.78 is 15.3. The molecular weight excluding hydrogens is 470 g/mol. The number of aliphatic imine (C=N–C) groups is 2. The van der Waals surface area contributed by atoms with E-state index >= 15 is 0 Å². The molecule has 0 saturated carbocycles. The van der Waals surface area contributed by atoms with Crippen molar-refractivity contribution in [1.29, 1.82) is 0 Å². The molecule has 0 aliphatic carbocycles. The Balaban J connectivity index is 2.02. The largest absolute Gasteiger partial charge is 0.506 e. The Kier molecular flexibility index (Phi) is 8.40. The van der Waals surface area contributed by atoms with Crippen LogP contribution in [0, 0.1) is 0 Å². The van der Waals surface area contributed by atoms with Crippen LogP contribution < -0.4 is 15.2 Å². The van der Waals surface area contributed by atoms with Gasteiger partial charge in [-0.05, 0) is 49.7 Å². The van der Waals surface area contributed by atoms with Crippen LogP contribution in [0.1, 0.15) is 19.7 Å². The standard InChI is InChI=1S/C23H27N7O4S/c1-13(25-3)12-15(24)21(32)14(2)35-29-23-28-27-22(16-8-6-11-19(26-16)34-5)30(23)20-17(31)9-7-10-18(20)33-4/h7,9-12,14,21,31-32H,24H2,1-5H3,(H,28,29). The van der Waals surface area contributed by atoms with Gasteiger partial charge in [-0.3, -0.25) is 14.3 Å². The van der Waals surface area contributed by atoms with Gasteiger partial charge in [-0.1, -0.05) is 11.8 Å². The minimum atomic E-state index is -0.956. The monoisotopic (exact) mass is 497 g/mol. The van der Waals surface area contributed by atoms with E-state index < -0.39 is 6.10 Å². The summed E-state index contributed by atoms with van der Waals surface area (Å²) in [7, 11) is 4.62. The van der Waals surface area contributed by atoms with E-state index in [2.05, 4.69) is 36.4 Å². The maximum absolute atomic E-state index is 10.7. The van der Waals surface area contributed by atoms with Gasteiger partial charge in [-0.25, -0.2) is 4.99 Å². The van der Waals surface area contributed by atoms with Crippen LogP contribution in [0.4, 0.5) is 5.95 Å². The van der Waals surface area contributed by atoms with Crippen molar-refractivity contribution in [2.24, 2.45) is 15.7 Å². The first-order valence-corrected chi connectivity index (χ1v) is 11.3. The highest BCUT2D eigenvalue weighted by molar-refractivity contribution is 8.01. The van der Waals surface area contributed by atoms with Crippen molar-refractivity contribution in [1.82, 2.24) is 14.8 Å². The number of rotatable bonds is 9. The third-order valence-corrected chi connectivity index (χ3v) is 5.89. The number of anilines is 1. The summed E-state index contributed by atoms with van der Waals surface area (Å²) in [5.41, 5.74) is 13.3. The molecule has 2 atom stereocenters. The summed E-state index contributed by atoms with van der Waals surface area (Å²) in [4.78, 5) is 8.39. The number of hydrogen-bond acceptors (Lipinski definition) is 11.